The van der Waals surface area contributed by atoms with Crippen molar-refractivity contribution in [3.8, 4) is 0 Å². The topological polar surface area (TPSA) is 80.0 Å². The number of hydrogen-bond acceptors (Lipinski definition) is 4. The van der Waals surface area contributed by atoms with E-state index in [-0.39, 0.29) is 11.9 Å². The monoisotopic (exact) mass is 264 g/mol. The van der Waals surface area contributed by atoms with Gasteiger partial charge in [-0.2, -0.15) is 0 Å². The highest BCUT2D eigenvalue weighted by Gasteiger charge is 2.10. The maximum Gasteiger partial charge on any atom is 0.236 e. The van der Waals surface area contributed by atoms with Crippen molar-refractivity contribution in [3.05, 3.63) is 23.9 Å². The van der Waals surface area contributed by atoms with Gasteiger partial charge < -0.3 is 16.4 Å². The van der Waals surface area contributed by atoms with Gasteiger partial charge in [0, 0.05) is 19.3 Å². The third-order valence-corrected chi connectivity index (χ3v) is 2.81. The molecule has 0 saturated carbocycles. The molecule has 0 aliphatic heterocycles. The maximum absolute atomic E-state index is 11.5. The Morgan fingerprint density at radius 3 is 2.84 bits per heavy atom. The van der Waals surface area contributed by atoms with Crippen LogP contribution in [0.25, 0.3) is 0 Å². The second kappa shape index (κ2) is 8.48. The Morgan fingerprint density at radius 2 is 2.21 bits per heavy atom. The van der Waals surface area contributed by atoms with Crippen LogP contribution in [0.3, 0.4) is 0 Å². The van der Waals surface area contributed by atoms with E-state index in [9.17, 15) is 4.79 Å². The molecule has 19 heavy (non-hydrogen) atoms. The van der Waals surface area contributed by atoms with Crippen molar-refractivity contribution in [2.45, 2.75) is 39.2 Å². The number of carbonyl (C=O) groups is 1. The Bertz CT molecular complexity index is 378. The average Bonchev–Trinajstić information content (AvgIpc) is 2.40. The average molecular weight is 264 g/mol. The number of anilines is 1. The molecule has 106 valence electrons. The van der Waals surface area contributed by atoms with Crippen molar-refractivity contribution < 1.29 is 4.79 Å². The van der Waals surface area contributed by atoms with Crippen molar-refractivity contribution in [3.63, 3.8) is 0 Å². The molecule has 1 atom stereocenters. The standard InChI is InChI=1S/C14H24N4O/c1-3-5-12(15)14(19)17-9-4-8-16-13-7-6-11(2)10-18-13/h6-7,10,12H,3-5,8-9,15H2,1-2H3,(H,16,18)(H,17,19). The number of aryl methyl sites for hydroxylation is 1. The molecule has 5 nitrogen and oxygen atoms in total. The Labute approximate surface area is 115 Å². The molecule has 0 radical (unpaired) electrons. The third kappa shape index (κ3) is 6.20. The lowest BCUT2D eigenvalue weighted by atomic mass is 10.2. The van der Waals surface area contributed by atoms with E-state index in [4.69, 9.17) is 5.73 Å². The number of aromatic nitrogens is 1. The number of nitrogens with zero attached hydrogens (tertiary/aromatic N) is 1. The lowest BCUT2D eigenvalue weighted by molar-refractivity contribution is -0.122. The first kappa shape index (κ1) is 15.4. The van der Waals surface area contributed by atoms with Crippen LogP contribution in [-0.2, 0) is 4.79 Å². The van der Waals surface area contributed by atoms with Crippen molar-refractivity contribution in [2.24, 2.45) is 5.73 Å². The zero-order valence-electron chi connectivity index (χ0n) is 11.8. The van der Waals surface area contributed by atoms with Crippen LogP contribution in [0.15, 0.2) is 18.3 Å². The fourth-order valence-electron chi connectivity index (χ4n) is 1.66. The molecule has 1 amide bonds. The Kier molecular flexibility index (Phi) is 6.89. The molecule has 1 aromatic heterocycles. The summed E-state index contributed by atoms with van der Waals surface area (Å²) in [5, 5.41) is 6.04. The minimum Gasteiger partial charge on any atom is -0.370 e. The summed E-state index contributed by atoms with van der Waals surface area (Å²) in [5.41, 5.74) is 6.85. The number of carbonyl (C=O) groups excluding carboxylic acids is 1. The van der Waals surface area contributed by atoms with Crippen LogP contribution in [0.4, 0.5) is 5.82 Å². The molecule has 0 aliphatic rings. The van der Waals surface area contributed by atoms with Crippen molar-refractivity contribution in [1.82, 2.24) is 10.3 Å². The Hall–Kier alpha value is -1.62. The van der Waals surface area contributed by atoms with E-state index >= 15 is 0 Å². The lowest BCUT2D eigenvalue weighted by Crippen LogP contribution is -2.41. The largest absolute Gasteiger partial charge is 0.370 e. The summed E-state index contributed by atoms with van der Waals surface area (Å²) in [5.74, 6) is 0.801. The van der Waals surface area contributed by atoms with E-state index in [0.29, 0.717) is 6.54 Å². The molecule has 0 bridgehead atoms. The molecule has 0 saturated heterocycles. The smallest absolute Gasteiger partial charge is 0.236 e. The normalized spacial score (nSPS) is 11.9. The highest BCUT2D eigenvalue weighted by Crippen LogP contribution is 2.03. The molecule has 1 unspecified atom stereocenters. The summed E-state index contributed by atoms with van der Waals surface area (Å²) in [7, 11) is 0. The van der Waals surface area contributed by atoms with Crippen LogP contribution >= 0.6 is 0 Å². The first-order chi connectivity index (χ1) is 9.13. The molecule has 0 fully saturated rings. The fraction of sp³-hybridized carbons (Fsp3) is 0.571. The summed E-state index contributed by atoms with van der Waals surface area (Å²) in [4.78, 5) is 15.8. The second-order valence-electron chi connectivity index (χ2n) is 4.69. The van der Waals surface area contributed by atoms with Crippen LogP contribution in [0.5, 0.6) is 0 Å². The summed E-state index contributed by atoms with van der Waals surface area (Å²) >= 11 is 0. The highest BCUT2D eigenvalue weighted by atomic mass is 16.2. The van der Waals surface area contributed by atoms with Crippen molar-refractivity contribution in [2.75, 3.05) is 18.4 Å². The van der Waals surface area contributed by atoms with Gasteiger partial charge in [-0.3, -0.25) is 4.79 Å². The summed E-state index contributed by atoms with van der Waals surface area (Å²) in [6.07, 6.45) is 4.33. The molecule has 1 aromatic rings. The van der Waals surface area contributed by atoms with E-state index in [1.807, 2.05) is 32.2 Å². The van der Waals surface area contributed by atoms with Gasteiger partial charge in [0.05, 0.1) is 6.04 Å². The van der Waals surface area contributed by atoms with Gasteiger partial charge in [-0.25, -0.2) is 4.98 Å². The second-order valence-corrected chi connectivity index (χ2v) is 4.69. The molecule has 5 heteroatoms. The molecular formula is C14H24N4O. The van der Waals surface area contributed by atoms with E-state index < -0.39 is 0 Å². The molecule has 0 aromatic carbocycles. The van der Waals surface area contributed by atoms with Gasteiger partial charge in [0.2, 0.25) is 5.91 Å². The van der Waals surface area contributed by atoms with Crippen LogP contribution in [0.2, 0.25) is 0 Å². The molecular weight excluding hydrogens is 240 g/mol. The van der Waals surface area contributed by atoms with Gasteiger partial charge in [0.1, 0.15) is 5.82 Å². The Morgan fingerprint density at radius 1 is 1.42 bits per heavy atom. The minimum atomic E-state index is -0.378. The predicted octanol–water partition coefficient (Wildman–Crippen LogP) is 1.44. The maximum atomic E-state index is 11.5. The van der Waals surface area contributed by atoms with E-state index in [1.165, 1.54) is 0 Å². The SMILES string of the molecule is CCCC(N)C(=O)NCCCNc1ccc(C)cn1. The predicted molar refractivity (Wildman–Crippen MR) is 78.0 cm³/mol. The first-order valence-electron chi connectivity index (χ1n) is 6.83. The molecule has 1 rings (SSSR count). The zero-order valence-corrected chi connectivity index (χ0v) is 11.8. The number of rotatable bonds is 8. The molecule has 0 aliphatic carbocycles. The number of pyridine rings is 1. The van der Waals surface area contributed by atoms with Crippen molar-refractivity contribution in [1.29, 1.82) is 0 Å². The summed E-state index contributed by atoms with van der Waals surface area (Å²) in [6, 6.07) is 3.59. The third-order valence-electron chi connectivity index (χ3n) is 2.81. The van der Waals surface area contributed by atoms with E-state index in [0.717, 1.165) is 37.2 Å². The highest BCUT2D eigenvalue weighted by molar-refractivity contribution is 5.81. The van der Waals surface area contributed by atoms with E-state index in [2.05, 4.69) is 15.6 Å². The molecule has 1 heterocycles. The van der Waals surface area contributed by atoms with Gasteiger partial charge in [-0.1, -0.05) is 19.4 Å². The van der Waals surface area contributed by atoms with Crippen LogP contribution in [-0.4, -0.2) is 30.0 Å². The number of amides is 1. The van der Waals surface area contributed by atoms with Crippen molar-refractivity contribution >= 4 is 11.7 Å². The van der Waals surface area contributed by atoms with E-state index in [1.54, 1.807) is 0 Å². The van der Waals surface area contributed by atoms with Gasteiger partial charge in [-0.15, -0.1) is 0 Å². The summed E-state index contributed by atoms with van der Waals surface area (Å²) < 4.78 is 0. The van der Waals surface area contributed by atoms with Gasteiger partial charge in [0.25, 0.3) is 0 Å². The lowest BCUT2D eigenvalue weighted by Gasteiger charge is -2.11. The number of nitrogens with one attached hydrogen (secondary N) is 2. The van der Waals surface area contributed by atoms with Crippen LogP contribution < -0.4 is 16.4 Å². The molecule has 0 spiro atoms. The van der Waals surface area contributed by atoms with Crippen LogP contribution in [0, 0.1) is 6.92 Å². The summed E-state index contributed by atoms with van der Waals surface area (Å²) in [6.45, 7) is 5.44. The number of hydrogen-bond donors (Lipinski definition) is 3. The van der Waals surface area contributed by atoms with Gasteiger partial charge in [0.15, 0.2) is 0 Å². The quantitative estimate of drug-likeness (QED) is 0.621. The van der Waals surface area contributed by atoms with Gasteiger partial charge in [-0.05, 0) is 31.4 Å². The Balaban J connectivity index is 2.11. The molecule has 4 N–H and O–H groups in total. The van der Waals surface area contributed by atoms with Crippen LogP contribution in [0.1, 0.15) is 31.7 Å². The van der Waals surface area contributed by atoms with Gasteiger partial charge >= 0.3 is 0 Å². The zero-order chi connectivity index (χ0) is 14.1. The number of nitrogens with two attached hydrogens (primary N) is 1. The minimum absolute atomic E-state index is 0.0599. The first-order valence-corrected chi connectivity index (χ1v) is 6.83. The fourth-order valence-corrected chi connectivity index (χ4v) is 1.66.